The average Bonchev–Trinajstić information content (AvgIpc) is 2.26. The quantitative estimate of drug-likeness (QED) is 0.656. The molecule has 1 aliphatic carbocycles. The van der Waals surface area contributed by atoms with Crippen molar-refractivity contribution in [1.82, 2.24) is 4.90 Å². The van der Waals surface area contributed by atoms with Gasteiger partial charge in [-0.2, -0.15) is 0 Å². The van der Waals surface area contributed by atoms with E-state index in [0.29, 0.717) is 6.04 Å². The molecule has 2 atom stereocenters. The number of methoxy groups -OCH3 is 2. The Bertz CT molecular complexity index is 171. The summed E-state index contributed by atoms with van der Waals surface area (Å²) in [6.07, 6.45) is 5.34. The maximum absolute atomic E-state index is 5.23. The molecule has 0 bridgehead atoms. The number of rotatable bonds is 5. The molecule has 0 N–H and O–H groups in total. The summed E-state index contributed by atoms with van der Waals surface area (Å²) in [7, 11) is 5.58. The number of hydrogen-bond acceptors (Lipinski definition) is 3. The minimum absolute atomic E-state index is 0.0934. The molecule has 0 aromatic rings. The van der Waals surface area contributed by atoms with Crippen LogP contribution in [0.2, 0.25) is 0 Å². The molecule has 3 heteroatoms. The molecule has 0 saturated heterocycles. The lowest BCUT2D eigenvalue weighted by Gasteiger charge is -2.37. The van der Waals surface area contributed by atoms with Crippen LogP contribution in [0, 0.1) is 5.92 Å². The molecular weight excluding hydrogens is 190 g/mol. The Morgan fingerprint density at radius 3 is 2.33 bits per heavy atom. The highest BCUT2D eigenvalue weighted by Crippen LogP contribution is 2.27. The summed E-state index contributed by atoms with van der Waals surface area (Å²) in [6.45, 7) is 3.22. The third-order valence-corrected chi connectivity index (χ3v) is 3.60. The number of nitrogens with zero attached hydrogens (tertiary/aromatic N) is 1. The van der Waals surface area contributed by atoms with Gasteiger partial charge in [0.2, 0.25) is 0 Å². The molecule has 0 aliphatic heterocycles. The zero-order chi connectivity index (χ0) is 11.3. The summed E-state index contributed by atoms with van der Waals surface area (Å²) < 4.78 is 10.5. The van der Waals surface area contributed by atoms with Crippen LogP contribution in [-0.4, -0.2) is 45.0 Å². The first-order valence-corrected chi connectivity index (χ1v) is 5.94. The molecule has 0 spiro atoms. The molecule has 15 heavy (non-hydrogen) atoms. The zero-order valence-corrected chi connectivity index (χ0v) is 10.5. The van der Waals surface area contributed by atoms with Crippen molar-refractivity contribution >= 4 is 0 Å². The maximum Gasteiger partial charge on any atom is 0.169 e. The van der Waals surface area contributed by atoms with Gasteiger partial charge in [0.05, 0.1) is 0 Å². The lowest BCUT2D eigenvalue weighted by Crippen LogP contribution is -2.43. The number of hydrogen-bond donors (Lipinski definition) is 0. The van der Waals surface area contributed by atoms with Crippen molar-refractivity contribution < 1.29 is 9.47 Å². The van der Waals surface area contributed by atoms with Crippen LogP contribution in [0.5, 0.6) is 0 Å². The molecule has 1 rings (SSSR count). The summed E-state index contributed by atoms with van der Waals surface area (Å²) in [6, 6.07) is 0.701. The lowest BCUT2D eigenvalue weighted by atomic mass is 9.85. The second-order valence-electron chi connectivity index (χ2n) is 4.67. The molecule has 0 aromatic heterocycles. The molecular formula is C12H25NO2. The van der Waals surface area contributed by atoms with Crippen LogP contribution in [0.1, 0.15) is 32.6 Å². The molecule has 3 nitrogen and oxygen atoms in total. The zero-order valence-electron chi connectivity index (χ0n) is 10.5. The average molecular weight is 215 g/mol. The van der Waals surface area contributed by atoms with Gasteiger partial charge in [-0.1, -0.05) is 19.8 Å². The molecule has 1 fully saturated rings. The van der Waals surface area contributed by atoms with Gasteiger partial charge in [-0.3, -0.25) is 4.90 Å². The van der Waals surface area contributed by atoms with E-state index in [-0.39, 0.29) is 6.29 Å². The van der Waals surface area contributed by atoms with Crippen molar-refractivity contribution in [3.8, 4) is 0 Å². The third kappa shape index (κ3) is 3.74. The highest BCUT2D eigenvalue weighted by Gasteiger charge is 2.26. The molecule has 0 radical (unpaired) electrons. The van der Waals surface area contributed by atoms with Crippen molar-refractivity contribution in [2.24, 2.45) is 5.92 Å². The second kappa shape index (κ2) is 6.46. The number of ether oxygens (including phenoxy) is 2. The third-order valence-electron chi connectivity index (χ3n) is 3.60. The summed E-state index contributed by atoms with van der Waals surface area (Å²) in [5, 5.41) is 0. The number of likely N-dealkylation sites (N-methyl/N-ethyl adjacent to an activating group) is 1. The highest BCUT2D eigenvalue weighted by molar-refractivity contribution is 4.79. The van der Waals surface area contributed by atoms with E-state index in [0.717, 1.165) is 12.5 Å². The van der Waals surface area contributed by atoms with Crippen LogP contribution in [0.4, 0.5) is 0 Å². The predicted molar refractivity (Wildman–Crippen MR) is 61.9 cm³/mol. The Balaban J connectivity index is 2.40. The van der Waals surface area contributed by atoms with Gasteiger partial charge in [0, 0.05) is 26.8 Å². The molecule has 0 heterocycles. The van der Waals surface area contributed by atoms with Crippen LogP contribution in [-0.2, 0) is 9.47 Å². The SMILES string of the molecule is COC(CN(C)C1CCCCC1C)OC. The summed E-state index contributed by atoms with van der Waals surface area (Å²) in [5.41, 5.74) is 0. The predicted octanol–water partition coefficient (Wildman–Crippen LogP) is 2.12. The molecule has 1 aliphatic rings. The molecule has 90 valence electrons. The molecule has 0 amide bonds. The second-order valence-corrected chi connectivity index (χ2v) is 4.67. The fourth-order valence-electron chi connectivity index (χ4n) is 2.57. The van der Waals surface area contributed by atoms with E-state index in [1.807, 2.05) is 0 Å². The van der Waals surface area contributed by atoms with Gasteiger partial charge in [-0.05, 0) is 25.8 Å². The van der Waals surface area contributed by atoms with Crippen LogP contribution >= 0.6 is 0 Å². The summed E-state index contributed by atoms with van der Waals surface area (Å²) in [4.78, 5) is 2.39. The Labute approximate surface area is 93.7 Å². The van der Waals surface area contributed by atoms with Crippen molar-refractivity contribution in [2.75, 3.05) is 27.8 Å². The van der Waals surface area contributed by atoms with Crippen LogP contribution < -0.4 is 0 Å². The van der Waals surface area contributed by atoms with Gasteiger partial charge in [-0.25, -0.2) is 0 Å². The van der Waals surface area contributed by atoms with E-state index in [4.69, 9.17) is 9.47 Å². The van der Waals surface area contributed by atoms with Crippen molar-refractivity contribution in [2.45, 2.75) is 44.9 Å². The lowest BCUT2D eigenvalue weighted by molar-refractivity contribution is -0.120. The van der Waals surface area contributed by atoms with E-state index < -0.39 is 0 Å². The smallest absolute Gasteiger partial charge is 0.169 e. The van der Waals surface area contributed by atoms with Crippen LogP contribution in [0.3, 0.4) is 0 Å². The van der Waals surface area contributed by atoms with Crippen LogP contribution in [0.25, 0.3) is 0 Å². The topological polar surface area (TPSA) is 21.7 Å². The minimum atomic E-state index is -0.0934. The van der Waals surface area contributed by atoms with Gasteiger partial charge in [0.15, 0.2) is 6.29 Å². The Kier molecular flexibility index (Phi) is 5.58. The maximum atomic E-state index is 5.23. The van der Waals surface area contributed by atoms with Gasteiger partial charge in [0.1, 0.15) is 0 Å². The normalized spacial score (nSPS) is 27.6. The van der Waals surface area contributed by atoms with E-state index in [9.17, 15) is 0 Å². The monoisotopic (exact) mass is 215 g/mol. The first-order chi connectivity index (χ1) is 7.19. The molecule has 2 unspecified atom stereocenters. The summed E-state index contributed by atoms with van der Waals surface area (Å²) >= 11 is 0. The van der Waals surface area contributed by atoms with Crippen molar-refractivity contribution in [1.29, 1.82) is 0 Å². The Hall–Kier alpha value is -0.120. The minimum Gasteiger partial charge on any atom is -0.355 e. The van der Waals surface area contributed by atoms with E-state index in [1.165, 1.54) is 25.7 Å². The van der Waals surface area contributed by atoms with E-state index in [2.05, 4.69) is 18.9 Å². The van der Waals surface area contributed by atoms with Gasteiger partial charge >= 0.3 is 0 Å². The first kappa shape index (κ1) is 12.9. The van der Waals surface area contributed by atoms with Crippen molar-refractivity contribution in [3.63, 3.8) is 0 Å². The van der Waals surface area contributed by atoms with Gasteiger partial charge in [0.25, 0.3) is 0 Å². The largest absolute Gasteiger partial charge is 0.355 e. The van der Waals surface area contributed by atoms with Crippen LogP contribution in [0.15, 0.2) is 0 Å². The fourth-order valence-corrected chi connectivity index (χ4v) is 2.57. The van der Waals surface area contributed by atoms with Gasteiger partial charge < -0.3 is 9.47 Å². The van der Waals surface area contributed by atoms with E-state index in [1.54, 1.807) is 14.2 Å². The standard InChI is InChI=1S/C12H25NO2/c1-10-7-5-6-8-11(10)13(2)9-12(14-3)15-4/h10-12H,5-9H2,1-4H3. The fraction of sp³-hybridized carbons (Fsp3) is 1.00. The first-order valence-electron chi connectivity index (χ1n) is 5.94. The molecule has 0 aromatic carbocycles. The summed E-state index contributed by atoms with van der Waals surface area (Å²) in [5.74, 6) is 0.804. The van der Waals surface area contributed by atoms with Crippen molar-refractivity contribution in [3.05, 3.63) is 0 Å². The molecule has 1 saturated carbocycles. The van der Waals surface area contributed by atoms with Gasteiger partial charge in [-0.15, -0.1) is 0 Å². The Morgan fingerprint density at radius 2 is 1.80 bits per heavy atom. The van der Waals surface area contributed by atoms with E-state index >= 15 is 0 Å². The highest BCUT2D eigenvalue weighted by atomic mass is 16.7. The Morgan fingerprint density at radius 1 is 1.20 bits per heavy atom.